The van der Waals surface area contributed by atoms with Crippen LogP contribution in [-0.4, -0.2) is 27.5 Å². The Morgan fingerprint density at radius 2 is 2.29 bits per heavy atom. The number of amides is 1. The molecule has 1 aromatic carbocycles. The number of nitrogens with two attached hydrogens (primary N) is 1. The third-order valence-electron chi connectivity index (χ3n) is 2.65. The van der Waals surface area contributed by atoms with Gasteiger partial charge in [0.05, 0.1) is 4.92 Å². The predicted molar refractivity (Wildman–Crippen MR) is 71.2 cm³/mol. The second-order valence-electron chi connectivity index (χ2n) is 3.99. The molecule has 0 aliphatic rings. The van der Waals surface area contributed by atoms with Crippen molar-refractivity contribution in [1.82, 2.24) is 15.5 Å². The van der Waals surface area contributed by atoms with Crippen LogP contribution in [0.3, 0.4) is 0 Å². The van der Waals surface area contributed by atoms with Crippen LogP contribution in [0.25, 0.3) is 0 Å². The first-order chi connectivity index (χ1) is 10.1. The number of hydrogen-bond donors (Lipinski definition) is 3. The van der Waals surface area contributed by atoms with E-state index in [1.165, 1.54) is 18.5 Å². The van der Waals surface area contributed by atoms with Gasteiger partial charge in [-0.2, -0.15) is 4.98 Å². The molecule has 0 fully saturated rings. The molecule has 10 heteroatoms. The highest BCUT2D eigenvalue weighted by molar-refractivity contribution is 5.95. The summed E-state index contributed by atoms with van der Waals surface area (Å²) in [5, 5.41) is 17.1. The van der Waals surface area contributed by atoms with Crippen LogP contribution in [-0.2, 0) is 6.42 Å². The fraction of sp³-hybridized carbons (Fsp3) is 0.182. The summed E-state index contributed by atoms with van der Waals surface area (Å²) in [6.07, 6.45) is 1.59. The molecule has 0 atom stereocenters. The van der Waals surface area contributed by atoms with Gasteiger partial charge in [-0.1, -0.05) is 5.16 Å². The standard InChI is InChI=1S/C11H12N6O4/c12-15-8-2-1-7(5-9(8)17(19)20)11(18)13-4-3-10-14-6-21-16-10/h1-2,5-6,15H,3-4,12H2,(H,13,18). The third-order valence-corrected chi connectivity index (χ3v) is 2.65. The summed E-state index contributed by atoms with van der Waals surface area (Å²) in [6.45, 7) is 0.281. The predicted octanol–water partition coefficient (Wildman–Crippen LogP) is 0.236. The average Bonchev–Trinajstić information content (AvgIpc) is 2.99. The number of nitrogens with one attached hydrogen (secondary N) is 2. The maximum absolute atomic E-state index is 11.9. The topological polar surface area (TPSA) is 149 Å². The number of carbonyl (C=O) groups is 1. The number of hydrogen-bond acceptors (Lipinski definition) is 8. The zero-order valence-corrected chi connectivity index (χ0v) is 10.8. The SMILES string of the molecule is NNc1ccc(C(=O)NCCc2ncon2)cc1[N+](=O)[O-]. The molecule has 0 unspecified atom stereocenters. The van der Waals surface area contributed by atoms with Gasteiger partial charge in [-0.15, -0.1) is 0 Å². The molecule has 0 aliphatic heterocycles. The van der Waals surface area contributed by atoms with Crippen molar-refractivity contribution in [2.75, 3.05) is 12.0 Å². The van der Waals surface area contributed by atoms with Crippen LogP contribution in [0.4, 0.5) is 11.4 Å². The number of nitrogens with zero attached hydrogens (tertiary/aromatic N) is 3. The Bertz CT molecular complexity index is 642. The number of rotatable bonds is 6. The number of nitro benzene ring substituents is 1. The molecule has 0 spiro atoms. The van der Waals surface area contributed by atoms with Crippen molar-refractivity contribution in [3.8, 4) is 0 Å². The normalized spacial score (nSPS) is 10.1. The molecular formula is C11H12N6O4. The van der Waals surface area contributed by atoms with Gasteiger partial charge >= 0.3 is 0 Å². The average molecular weight is 292 g/mol. The number of benzene rings is 1. The van der Waals surface area contributed by atoms with Gasteiger partial charge in [0.25, 0.3) is 11.6 Å². The van der Waals surface area contributed by atoms with Crippen LogP contribution < -0.4 is 16.6 Å². The van der Waals surface area contributed by atoms with Crippen molar-refractivity contribution >= 4 is 17.3 Å². The fourth-order valence-electron chi connectivity index (χ4n) is 1.64. The zero-order valence-electron chi connectivity index (χ0n) is 10.8. The number of hydrazine groups is 1. The Labute approximate surface area is 118 Å². The van der Waals surface area contributed by atoms with Crippen molar-refractivity contribution in [1.29, 1.82) is 0 Å². The van der Waals surface area contributed by atoms with Gasteiger partial charge in [-0.05, 0) is 12.1 Å². The largest absolute Gasteiger partial charge is 0.352 e. The van der Waals surface area contributed by atoms with Crippen molar-refractivity contribution < 1.29 is 14.2 Å². The Morgan fingerprint density at radius 1 is 1.48 bits per heavy atom. The lowest BCUT2D eigenvalue weighted by atomic mass is 10.1. The van der Waals surface area contributed by atoms with E-state index < -0.39 is 10.8 Å². The summed E-state index contributed by atoms with van der Waals surface area (Å²) in [5.74, 6) is 5.19. The summed E-state index contributed by atoms with van der Waals surface area (Å²) >= 11 is 0. The number of carbonyl (C=O) groups excluding carboxylic acids is 1. The first-order valence-electron chi connectivity index (χ1n) is 5.90. The second kappa shape index (κ2) is 6.43. The maximum Gasteiger partial charge on any atom is 0.294 e. The van der Waals surface area contributed by atoms with Gasteiger partial charge in [-0.3, -0.25) is 20.8 Å². The number of nitrogen functional groups attached to an aromatic ring is 1. The summed E-state index contributed by atoms with van der Waals surface area (Å²) in [7, 11) is 0. The molecule has 4 N–H and O–H groups in total. The molecule has 0 radical (unpaired) electrons. The van der Waals surface area contributed by atoms with Gasteiger partial charge in [0.15, 0.2) is 5.82 Å². The molecular weight excluding hydrogens is 280 g/mol. The van der Waals surface area contributed by atoms with Gasteiger partial charge in [0, 0.05) is 24.6 Å². The van der Waals surface area contributed by atoms with E-state index in [1.54, 1.807) is 0 Å². The van der Waals surface area contributed by atoms with Crippen LogP contribution in [0, 0.1) is 10.1 Å². The smallest absolute Gasteiger partial charge is 0.294 e. The molecule has 0 saturated heterocycles. The monoisotopic (exact) mass is 292 g/mol. The lowest BCUT2D eigenvalue weighted by molar-refractivity contribution is -0.384. The van der Waals surface area contributed by atoms with Gasteiger partial charge < -0.3 is 15.3 Å². The first kappa shape index (κ1) is 14.4. The maximum atomic E-state index is 11.9. The van der Waals surface area contributed by atoms with Gasteiger partial charge in [0.2, 0.25) is 6.39 Å². The van der Waals surface area contributed by atoms with Crippen molar-refractivity contribution in [2.45, 2.75) is 6.42 Å². The molecule has 110 valence electrons. The van der Waals surface area contributed by atoms with E-state index in [1.807, 2.05) is 0 Å². The molecule has 2 rings (SSSR count). The molecule has 1 aromatic heterocycles. The van der Waals surface area contributed by atoms with Crippen LogP contribution in [0.15, 0.2) is 29.1 Å². The second-order valence-corrected chi connectivity index (χ2v) is 3.99. The van der Waals surface area contributed by atoms with E-state index in [0.717, 1.165) is 6.07 Å². The molecule has 1 amide bonds. The van der Waals surface area contributed by atoms with Crippen LogP contribution in [0.1, 0.15) is 16.2 Å². The fourth-order valence-corrected chi connectivity index (χ4v) is 1.64. The van der Waals surface area contributed by atoms with Gasteiger partial charge in [-0.25, -0.2) is 0 Å². The molecule has 0 bridgehead atoms. The molecule has 0 aliphatic carbocycles. The molecule has 1 heterocycles. The minimum Gasteiger partial charge on any atom is -0.352 e. The van der Waals surface area contributed by atoms with E-state index in [4.69, 9.17) is 5.84 Å². The van der Waals surface area contributed by atoms with Crippen LogP contribution >= 0.6 is 0 Å². The number of anilines is 1. The number of nitro groups is 1. The van der Waals surface area contributed by atoms with Crippen molar-refractivity contribution in [3.63, 3.8) is 0 Å². The summed E-state index contributed by atoms with van der Waals surface area (Å²) in [6, 6.07) is 3.96. The van der Waals surface area contributed by atoms with Crippen LogP contribution in [0.5, 0.6) is 0 Å². The zero-order chi connectivity index (χ0) is 15.2. The quantitative estimate of drug-likeness (QED) is 0.389. The highest BCUT2D eigenvalue weighted by Crippen LogP contribution is 2.24. The summed E-state index contributed by atoms with van der Waals surface area (Å²) in [5.41, 5.74) is 2.22. The van der Waals surface area contributed by atoms with E-state index in [9.17, 15) is 14.9 Å². The molecule has 0 saturated carbocycles. The van der Waals surface area contributed by atoms with Crippen LogP contribution in [0.2, 0.25) is 0 Å². The molecule has 10 nitrogen and oxygen atoms in total. The summed E-state index contributed by atoms with van der Waals surface area (Å²) < 4.78 is 4.56. The minimum absolute atomic E-state index is 0.128. The lowest BCUT2D eigenvalue weighted by Crippen LogP contribution is -2.26. The minimum atomic E-state index is -0.620. The number of aromatic nitrogens is 2. The Morgan fingerprint density at radius 3 is 2.90 bits per heavy atom. The Kier molecular flexibility index (Phi) is 4.41. The van der Waals surface area contributed by atoms with E-state index in [2.05, 4.69) is 25.4 Å². The highest BCUT2D eigenvalue weighted by atomic mass is 16.6. The third kappa shape index (κ3) is 3.51. The lowest BCUT2D eigenvalue weighted by Gasteiger charge is -2.06. The Balaban J connectivity index is 2.01. The van der Waals surface area contributed by atoms with Crippen molar-refractivity contribution in [2.24, 2.45) is 5.84 Å². The highest BCUT2D eigenvalue weighted by Gasteiger charge is 2.16. The van der Waals surface area contributed by atoms with E-state index >= 15 is 0 Å². The van der Waals surface area contributed by atoms with E-state index in [-0.39, 0.29) is 23.5 Å². The van der Waals surface area contributed by atoms with Gasteiger partial charge in [0.1, 0.15) is 5.69 Å². The first-order valence-corrected chi connectivity index (χ1v) is 5.90. The van der Waals surface area contributed by atoms with Crippen molar-refractivity contribution in [3.05, 3.63) is 46.1 Å². The molecule has 21 heavy (non-hydrogen) atoms. The molecule has 2 aromatic rings. The van der Waals surface area contributed by atoms with E-state index in [0.29, 0.717) is 12.2 Å². The Hall–Kier alpha value is -3.01. The summed E-state index contributed by atoms with van der Waals surface area (Å²) in [4.78, 5) is 26.0.